The zero-order valence-electron chi connectivity index (χ0n) is 19.1. The summed E-state index contributed by atoms with van der Waals surface area (Å²) in [7, 11) is 0. The number of benzene rings is 3. The van der Waals surface area contributed by atoms with E-state index in [0.717, 1.165) is 14.9 Å². The highest BCUT2D eigenvalue weighted by Crippen LogP contribution is 2.48. The summed E-state index contributed by atoms with van der Waals surface area (Å²) in [5, 5.41) is 12.6. The fourth-order valence-electron chi connectivity index (χ4n) is 4.76. The molecule has 0 saturated carbocycles. The molecule has 184 valence electrons. The molecule has 3 atom stereocenters. The number of furan rings is 1. The van der Waals surface area contributed by atoms with Crippen molar-refractivity contribution in [3.63, 3.8) is 0 Å². The van der Waals surface area contributed by atoms with Crippen molar-refractivity contribution in [1.82, 2.24) is 0 Å². The summed E-state index contributed by atoms with van der Waals surface area (Å²) in [4.78, 5) is 44.8. The molecular formula is C27H18BrN3O6. The number of hydroxylamine groups is 1. The topological polar surface area (TPSA) is 106 Å². The number of nitro groups is 1. The number of para-hydroxylation sites is 1. The van der Waals surface area contributed by atoms with Crippen molar-refractivity contribution in [3.8, 4) is 11.3 Å². The van der Waals surface area contributed by atoms with Crippen LogP contribution in [0.3, 0.4) is 0 Å². The molecule has 2 amide bonds. The van der Waals surface area contributed by atoms with E-state index >= 15 is 0 Å². The fourth-order valence-corrected chi connectivity index (χ4v) is 5.03. The van der Waals surface area contributed by atoms with Gasteiger partial charge in [0.05, 0.1) is 16.3 Å². The van der Waals surface area contributed by atoms with E-state index in [1.54, 1.807) is 11.1 Å². The van der Waals surface area contributed by atoms with E-state index in [9.17, 15) is 19.7 Å². The molecule has 0 aliphatic carbocycles. The van der Waals surface area contributed by atoms with Crippen LogP contribution >= 0.6 is 15.9 Å². The standard InChI is InChI=1S/C27H18BrN3O6/c28-17-8-6-16(7-9-17)21-14-15-22(36-21)24-23-25(37-30(24)19-4-2-1-3-5-19)27(33)29(26(23)32)18-10-12-20(13-11-18)31(34)35/h1-15,23-25H/t23-,24+,25-/m1/s1. The first-order chi connectivity index (χ1) is 17.9. The summed E-state index contributed by atoms with van der Waals surface area (Å²) in [6.07, 6.45) is -1.07. The summed E-state index contributed by atoms with van der Waals surface area (Å²) < 4.78 is 7.16. The molecule has 0 spiro atoms. The van der Waals surface area contributed by atoms with Crippen molar-refractivity contribution in [1.29, 1.82) is 0 Å². The maximum atomic E-state index is 13.7. The van der Waals surface area contributed by atoms with Crippen LogP contribution in [0.4, 0.5) is 17.1 Å². The maximum Gasteiger partial charge on any atom is 0.269 e. The van der Waals surface area contributed by atoms with Crippen LogP contribution in [0, 0.1) is 16.0 Å². The number of hydrogen-bond donors (Lipinski definition) is 0. The number of hydrogen-bond acceptors (Lipinski definition) is 7. The lowest BCUT2D eigenvalue weighted by Crippen LogP contribution is -2.37. The Bertz CT molecular complexity index is 1500. The molecule has 2 saturated heterocycles. The number of nitrogens with zero attached hydrogens (tertiary/aromatic N) is 3. The van der Waals surface area contributed by atoms with Crippen LogP contribution in [0.5, 0.6) is 0 Å². The van der Waals surface area contributed by atoms with E-state index in [-0.39, 0.29) is 11.4 Å². The van der Waals surface area contributed by atoms with Crippen LogP contribution < -0.4 is 9.96 Å². The van der Waals surface area contributed by atoms with E-state index < -0.39 is 34.8 Å². The number of anilines is 2. The minimum Gasteiger partial charge on any atom is -0.459 e. The van der Waals surface area contributed by atoms with Gasteiger partial charge in [-0.1, -0.05) is 46.3 Å². The van der Waals surface area contributed by atoms with Gasteiger partial charge in [-0.15, -0.1) is 0 Å². The van der Waals surface area contributed by atoms with Crippen molar-refractivity contribution < 1.29 is 23.8 Å². The largest absolute Gasteiger partial charge is 0.459 e. The minimum atomic E-state index is -1.07. The number of imide groups is 1. The second-order valence-corrected chi connectivity index (χ2v) is 9.57. The number of rotatable bonds is 5. The lowest BCUT2D eigenvalue weighted by atomic mass is 9.94. The molecule has 9 nitrogen and oxygen atoms in total. The summed E-state index contributed by atoms with van der Waals surface area (Å²) in [6.45, 7) is 0. The van der Waals surface area contributed by atoms with E-state index in [1.165, 1.54) is 24.3 Å². The molecule has 6 rings (SSSR count). The Kier molecular flexibility index (Phi) is 5.62. The first-order valence-electron chi connectivity index (χ1n) is 11.4. The highest BCUT2D eigenvalue weighted by atomic mass is 79.9. The van der Waals surface area contributed by atoms with Crippen LogP contribution in [0.15, 0.2) is 99.9 Å². The zero-order valence-corrected chi connectivity index (χ0v) is 20.6. The second-order valence-electron chi connectivity index (χ2n) is 8.65. The van der Waals surface area contributed by atoms with Crippen molar-refractivity contribution in [2.75, 3.05) is 9.96 Å². The number of carbonyl (C=O) groups is 2. The van der Waals surface area contributed by atoms with Crippen molar-refractivity contribution in [3.05, 3.63) is 111 Å². The van der Waals surface area contributed by atoms with Gasteiger partial charge in [-0.3, -0.25) is 24.5 Å². The Labute approximate surface area is 219 Å². The van der Waals surface area contributed by atoms with Gasteiger partial charge in [-0.25, -0.2) is 9.96 Å². The maximum absolute atomic E-state index is 13.7. The average molecular weight is 560 g/mol. The summed E-state index contributed by atoms with van der Waals surface area (Å²) in [5.41, 5.74) is 1.64. The predicted octanol–water partition coefficient (Wildman–Crippen LogP) is 5.67. The Morgan fingerprint density at radius 1 is 0.811 bits per heavy atom. The predicted molar refractivity (Wildman–Crippen MR) is 137 cm³/mol. The molecule has 1 aromatic heterocycles. The molecule has 2 aliphatic heterocycles. The van der Waals surface area contributed by atoms with Crippen LogP contribution in [0.1, 0.15) is 11.8 Å². The monoisotopic (exact) mass is 559 g/mol. The molecule has 2 fully saturated rings. The van der Waals surface area contributed by atoms with E-state index in [0.29, 0.717) is 17.2 Å². The molecule has 2 aliphatic rings. The number of fused-ring (bicyclic) bond motifs is 1. The number of amides is 2. The van der Waals surface area contributed by atoms with E-state index in [2.05, 4.69) is 15.9 Å². The summed E-state index contributed by atoms with van der Waals surface area (Å²) >= 11 is 3.43. The van der Waals surface area contributed by atoms with E-state index in [1.807, 2.05) is 60.7 Å². The Morgan fingerprint density at radius 3 is 2.19 bits per heavy atom. The third-order valence-electron chi connectivity index (χ3n) is 6.49. The van der Waals surface area contributed by atoms with Gasteiger partial charge in [0, 0.05) is 22.2 Å². The molecular weight excluding hydrogens is 542 g/mol. The highest BCUT2D eigenvalue weighted by molar-refractivity contribution is 9.10. The van der Waals surface area contributed by atoms with Gasteiger partial charge in [0.15, 0.2) is 6.10 Å². The lowest BCUT2D eigenvalue weighted by molar-refractivity contribution is -0.384. The van der Waals surface area contributed by atoms with Gasteiger partial charge in [0.1, 0.15) is 23.5 Å². The number of non-ortho nitro benzene ring substituents is 1. The van der Waals surface area contributed by atoms with Gasteiger partial charge in [-0.05, 0) is 48.5 Å². The Balaban J connectivity index is 1.39. The third kappa shape index (κ3) is 3.90. The van der Waals surface area contributed by atoms with Gasteiger partial charge in [0.2, 0.25) is 5.91 Å². The number of carbonyl (C=O) groups excluding carboxylic acids is 2. The molecule has 3 aromatic carbocycles. The molecule has 37 heavy (non-hydrogen) atoms. The molecule has 10 heteroatoms. The molecule has 3 heterocycles. The normalized spacial score (nSPS) is 20.9. The van der Waals surface area contributed by atoms with Gasteiger partial charge in [0.25, 0.3) is 11.6 Å². The second kappa shape index (κ2) is 8.99. The smallest absolute Gasteiger partial charge is 0.269 e. The molecule has 4 aromatic rings. The average Bonchev–Trinajstić information content (AvgIpc) is 3.60. The number of nitro benzene ring substituents is 1. The van der Waals surface area contributed by atoms with Crippen molar-refractivity contribution >= 4 is 44.8 Å². The van der Waals surface area contributed by atoms with E-state index in [4.69, 9.17) is 9.25 Å². The Hall–Kier alpha value is -4.28. The van der Waals surface area contributed by atoms with Crippen LogP contribution in [0.2, 0.25) is 0 Å². The van der Waals surface area contributed by atoms with Gasteiger partial charge < -0.3 is 4.42 Å². The molecule has 0 radical (unpaired) electrons. The van der Waals surface area contributed by atoms with Crippen molar-refractivity contribution in [2.45, 2.75) is 12.1 Å². The van der Waals surface area contributed by atoms with Gasteiger partial charge >= 0.3 is 0 Å². The fraction of sp³-hybridized carbons (Fsp3) is 0.111. The molecule has 0 bridgehead atoms. The van der Waals surface area contributed by atoms with Crippen LogP contribution in [0.25, 0.3) is 11.3 Å². The summed E-state index contributed by atoms with van der Waals surface area (Å²) in [5.74, 6) is -0.795. The first kappa shape index (κ1) is 23.1. The molecule has 0 N–H and O–H groups in total. The third-order valence-corrected chi connectivity index (χ3v) is 7.02. The van der Waals surface area contributed by atoms with Crippen LogP contribution in [-0.4, -0.2) is 22.8 Å². The van der Waals surface area contributed by atoms with Crippen molar-refractivity contribution in [2.24, 2.45) is 5.92 Å². The highest BCUT2D eigenvalue weighted by Gasteiger charge is 2.61. The van der Waals surface area contributed by atoms with Gasteiger partial charge in [-0.2, -0.15) is 0 Å². The lowest BCUT2D eigenvalue weighted by Gasteiger charge is -2.27. The van der Waals surface area contributed by atoms with Crippen LogP contribution in [-0.2, 0) is 14.4 Å². The zero-order chi connectivity index (χ0) is 25.7. The minimum absolute atomic E-state index is 0.136. The number of halogens is 1. The first-order valence-corrected chi connectivity index (χ1v) is 12.2. The molecule has 0 unspecified atom stereocenters. The SMILES string of the molecule is O=C1[C@H]2[C@@H](ON(c3ccccc3)[C@H]2c2ccc(-c3ccc(Br)cc3)o2)C(=O)N1c1ccc([N+](=O)[O-])cc1. The Morgan fingerprint density at radius 2 is 1.51 bits per heavy atom. The quantitative estimate of drug-likeness (QED) is 0.176. The summed E-state index contributed by atoms with van der Waals surface area (Å²) in [6, 6.07) is 25.0.